The van der Waals surface area contributed by atoms with Gasteiger partial charge in [0.05, 0.1) is 18.8 Å². The first-order valence-corrected chi connectivity index (χ1v) is 17.6. The number of carbonyl (C=O) groups excluding carboxylic acids is 1. The molecule has 4 aliphatic rings. The molecule has 0 aliphatic heterocycles. The fourth-order valence-electron chi connectivity index (χ4n) is 10.4. The van der Waals surface area contributed by atoms with Crippen LogP contribution in [0.5, 0.6) is 0 Å². The van der Waals surface area contributed by atoms with E-state index in [0.29, 0.717) is 29.5 Å². The second kappa shape index (κ2) is 11.6. The van der Waals surface area contributed by atoms with Crippen molar-refractivity contribution >= 4 is 16.1 Å². The van der Waals surface area contributed by atoms with Crippen molar-refractivity contribution in [2.24, 2.45) is 52.3 Å². The van der Waals surface area contributed by atoms with Gasteiger partial charge in [0.1, 0.15) is 11.2 Å². The zero-order chi connectivity index (χ0) is 31.4. The van der Waals surface area contributed by atoms with E-state index >= 15 is 0 Å². The van der Waals surface area contributed by atoms with Gasteiger partial charge in [-0.1, -0.05) is 34.1 Å². The van der Waals surface area contributed by atoms with E-state index in [4.69, 9.17) is 4.74 Å². The number of rotatable bonds is 7. The van der Waals surface area contributed by atoms with Crippen LogP contribution in [0, 0.1) is 52.3 Å². The first kappa shape index (κ1) is 31.3. The van der Waals surface area contributed by atoms with Crippen LogP contribution < -0.4 is 4.72 Å². The number of pyridine rings is 1. The molecular formula is C31H46N6O6S. The lowest BCUT2D eigenvalue weighted by atomic mass is 9.41. The summed E-state index contributed by atoms with van der Waals surface area (Å²) in [4.78, 5) is 16.5. The van der Waals surface area contributed by atoms with Crippen LogP contribution in [0.15, 0.2) is 29.6 Å². The highest BCUT2D eigenvalue weighted by molar-refractivity contribution is 7.90. The Balaban J connectivity index is 1.10. The Labute approximate surface area is 259 Å². The molecule has 2 aromatic rings. The van der Waals surface area contributed by atoms with Crippen molar-refractivity contribution in [1.82, 2.24) is 29.9 Å². The van der Waals surface area contributed by atoms with Crippen molar-refractivity contribution in [2.45, 2.75) is 96.2 Å². The van der Waals surface area contributed by atoms with Crippen LogP contribution in [0.3, 0.4) is 0 Å². The third kappa shape index (κ3) is 5.22. The van der Waals surface area contributed by atoms with Gasteiger partial charge in [0, 0.05) is 6.20 Å². The minimum Gasteiger partial charge on any atom is -0.449 e. The summed E-state index contributed by atoms with van der Waals surface area (Å²) in [6, 6.07) is 2.76. The number of aliphatic hydroxyl groups excluding tert-OH is 2. The summed E-state index contributed by atoms with van der Waals surface area (Å²) in [5, 5.41) is 33.2. The van der Waals surface area contributed by atoms with E-state index in [-0.39, 0.29) is 52.3 Å². The molecule has 0 radical (unpaired) electrons. The van der Waals surface area contributed by atoms with Gasteiger partial charge in [-0.25, -0.2) is 22.9 Å². The molecular weight excluding hydrogens is 584 g/mol. The summed E-state index contributed by atoms with van der Waals surface area (Å²) in [5.41, 5.74) is 0.154. The molecule has 12 nitrogen and oxygen atoms in total. The maximum atomic E-state index is 12.8. The Bertz CT molecular complexity index is 1440. The summed E-state index contributed by atoms with van der Waals surface area (Å²) in [6.45, 7) is 9.18. The molecule has 0 bridgehead atoms. The second-order valence-corrected chi connectivity index (χ2v) is 16.1. The van der Waals surface area contributed by atoms with Crippen LogP contribution in [0.2, 0.25) is 0 Å². The zero-order valence-electron chi connectivity index (χ0n) is 26.0. The zero-order valence-corrected chi connectivity index (χ0v) is 26.9. The maximum Gasteiger partial charge on any atom is 0.421 e. The molecule has 0 unspecified atom stereocenters. The molecule has 2 heterocycles. The predicted octanol–water partition coefficient (Wildman–Crippen LogP) is 3.74. The number of amides is 1. The minimum absolute atomic E-state index is 0.0101. The van der Waals surface area contributed by atoms with E-state index in [1.165, 1.54) is 23.1 Å². The third-order valence-corrected chi connectivity index (χ3v) is 13.8. The van der Waals surface area contributed by atoms with E-state index in [9.17, 15) is 23.4 Å². The molecule has 0 saturated heterocycles. The quantitative estimate of drug-likeness (QED) is 0.410. The molecule has 11 atom stereocenters. The number of aromatic nitrogens is 5. The number of nitrogens with one attached hydrogen (secondary N) is 1. The molecule has 0 aromatic carbocycles. The molecule has 6 rings (SSSR count). The van der Waals surface area contributed by atoms with Crippen LogP contribution in [0.4, 0.5) is 4.79 Å². The highest BCUT2D eigenvalue weighted by Crippen LogP contribution is 2.69. The summed E-state index contributed by atoms with van der Waals surface area (Å²) in [7, 11) is -4.18. The average Bonchev–Trinajstić information content (AvgIpc) is 3.65. The minimum atomic E-state index is -4.18. The Morgan fingerprint density at radius 1 is 1.11 bits per heavy atom. The number of tetrazole rings is 1. The summed E-state index contributed by atoms with van der Waals surface area (Å²) in [6.07, 6.45) is 8.59. The third-order valence-electron chi connectivity index (χ3n) is 12.5. The Morgan fingerprint density at radius 2 is 1.86 bits per heavy atom. The topological polar surface area (TPSA) is 169 Å². The van der Waals surface area contributed by atoms with E-state index in [0.717, 1.165) is 57.6 Å². The molecule has 4 fully saturated rings. The van der Waals surface area contributed by atoms with Crippen molar-refractivity contribution in [3.63, 3.8) is 0 Å². The van der Waals surface area contributed by atoms with Crippen molar-refractivity contribution in [3.8, 4) is 5.82 Å². The van der Waals surface area contributed by atoms with Gasteiger partial charge < -0.3 is 14.9 Å². The second-order valence-electron chi connectivity index (χ2n) is 14.4. The average molecular weight is 631 g/mol. The SMILES string of the molecule is CC[C@H]1[C@@H](O)[C@@H]2[C@H](CC[C@]3(C)[C@@H]([C@H](C)COC(=O)NS(=O)(=O)c4ccc(-n5cnnn5)nc4)CC[C@@H]23)[C@@]2(C)CC[C@@H](O)C[C@@H]12. The fourth-order valence-corrected chi connectivity index (χ4v) is 11.2. The number of aliphatic hydroxyl groups is 2. The molecule has 3 N–H and O–H groups in total. The Morgan fingerprint density at radius 3 is 2.55 bits per heavy atom. The monoisotopic (exact) mass is 630 g/mol. The molecule has 1 amide bonds. The largest absolute Gasteiger partial charge is 0.449 e. The van der Waals surface area contributed by atoms with Crippen molar-refractivity contribution in [1.29, 1.82) is 0 Å². The number of nitrogens with zero attached hydrogens (tertiary/aromatic N) is 5. The Hall–Kier alpha value is -2.64. The van der Waals surface area contributed by atoms with E-state index in [2.05, 4.69) is 48.2 Å². The molecule has 242 valence electrons. The van der Waals surface area contributed by atoms with E-state index in [1.54, 1.807) is 0 Å². The molecule has 13 heteroatoms. The maximum absolute atomic E-state index is 12.8. The molecule has 0 spiro atoms. The van der Waals surface area contributed by atoms with Gasteiger partial charge in [-0.3, -0.25) is 0 Å². The lowest BCUT2D eigenvalue weighted by molar-refractivity contribution is -0.203. The fraction of sp³-hybridized carbons (Fsp3) is 0.774. The van der Waals surface area contributed by atoms with E-state index in [1.807, 2.05) is 4.72 Å². The first-order valence-electron chi connectivity index (χ1n) is 16.1. The number of hydrogen-bond acceptors (Lipinski definition) is 10. The van der Waals surface area contributed by atoms with Crippen LogP contribution >= 0.6 is 0 Å². The lowest BCUT2D eigenvalue weighted by Gasteiger charge is -2.64. The molecule has 44 heavy (non-hydrogen) atoms. The predicted molar refractivity (Wildman–Crippen MR) is 160 cm³/mol. The van der Waals surface area contributed by atoms with Gasteiger partial charge in [-0.15, -0.1) is 5.10 Å². The van der Waals surface area contributed by atoms with Gasteiger partial charge in [0.15, 0.2) is 5.82 Å². The molecule has 4 aliphatic carbocycles. The van der Waals surface area contributed by atoms with Gasteiger partial charge in [-0.05, 0) is 120 Å². The highest BCUT2D eigenvalue weighted by Gasteiger charge is 2.64. The van der Waals surface area contributed by atoms with Crippen LogP contribution in [0.25, 0.3) is 5.82 Å². The number of ether oxygens (including phenoxy) is 1. The highest BCUT2D eigenvalue weighted by atomic mass is 32.2. The molecule has 4 saturated carbocycles. The van der Waals surface area contributed by atoms with Crippen LogP contribution in [-0.4, -0.2) is 68.7 Å². The standard InChI is InChI=1S/C31H46N6O6S/c1-5-21-25-14-19(38)10-12-31(25,4)24-11-13-30(3)22(7-8-23(30)27(24)28(21)39)18(2)16-43-29(40)34-44(41,42)20-6-9-26(32-15-20)37-17-33-35-36-37/h6,9,15,17-19,21-25,27-28,38-39H,5,7-8,10-14,16H2,1-4H3,(H,34,40)/t18-,19-,21-,22-,23+,24+,25+,27+,28-,30-,31-/m1/s1. The number of fused-ring (bicyclic) bond motifs is 5. The summed E-state index contributed by atoms with van der Waals surface area (Å²) in [5.74, 6) is 2.30. The summed E-state index contributed by atoms with van der Waals surface area (Å²) < 4.78 is 34.4. The lowest BCUT2D eigenvalue weighted by Crippen LogP contribution is -2.62. The van der Waals surface area contributed by atoms with E-state index < -0.39 is 16.1 Å². The molecule has 2 aromatic heterocycles. The van der Waals surface area contributed by atoms with Crippen molar-refractivity contribution in [3.05, 3.63) is 24.7 Å². The number of carbonyl (C=O) groups is 1. The van der Waals surface area contributed by atoms with Gasteiger partial charge in [0.25, 0.3) is 10.0 Å². The van der Waals surface area contributed by atoms with Crippen molar-refractivity contribution < 1.29 is 28.2 Å². The normalized spacial score (nSPS) is 39.0. The van der Waals surface area contributed by atoms with Crippen LogP contribution in [-0.2, 0) is 14.8 Å². The Kier molecular flexibility index (Phi) is 8.28. The summed E-state index contributed by atoms with van der Waals surface area (Å²) >= 11 is 0. The number of sulfonamides is 1. The van der Waals surface area contributed by atoms with Gasteiger partial charge >= 0.3 is 6.09 Å². The van der Waals surface area contributed by atoms with Crippen LogP contribution in [0.1, 0.15) is 79.1 Å². The van der Waals surface area contributed by atoms with Gasteiger partial charge in [0.2, 0.25) is 0 Å². The first-order chi connectivity index (χ1) is 20.9. The van der Waals surface area contributed by atoms with Gasteiger partial charge in [-0.2, -0.15) is 4.68 Å². The smallest absolute Gasteiger partial charge is 0.421 e. The number of hydrogen-bond donors (Lipinski definition) is 3. The van der Waals surface area contributed by atoms with Crippen molar-refractivity contribution in [2.75, 3.05) is 6.61 Å².